The van der Waals surface area contributed by atoms with E-state index in [9.17, 15) is 5.11 Å². The van der Waals surface area contributed by atoms with Crippen LogP contribution in [-0.4, -0.2) is 25.9 Å². The van der Waals surface area contributed by atoms with Gasteiger partial charge in [-0.15, -0.1) is 0 Å². The summed E-state index contributed by atoms with van der Waals surface area (Å²) in [5.41, 5.74) is 1.85. The summed E-state index contributed by atoms with van der Waals surface area (Å²) >= 11 is 5.98. The van der Waals surface area contributed by atoms with Crippen LogP contribution in [0.3, 0.4) is 0 Å². The topological polar surface area (TPSA) is 74.5 Å². The summed E-state index contributed by atoms with van der Waals surface area (Å²) in [6.45, 7) is 0.289. The van der Waals surface area contributed by atoms with E-state index in [0.717, 1.165) is 5.69 Å². The molecule has 2 rings (SSSR count). The molecule has 1 unspecified atom stereocenters. The lowest BCUT2D eigenvalue weighted by atomic mass is 10.1. The molecule has 0 amide bonds. The summed E-state index contributed by atoms with van der Waals surface area (Å²) in [6.07, 6.45) is -0.732. The predicted molar refractivity (Wildman–Crippen MR) is 89.2 cm³/mol. The number of benzene rings is 2. The van der Waals surface area contributed by atoms with Crippen molar-refractivity contribution >= 4 is 17.3 Å². The SMILES string of the molecule is COc1ccc(C(O)CNc2ccc(C#N)c(Cl)c2)cc1OC. The number of hydrogen-bond acceptors (Lipinski definition) is 5. The first-order chi connectivity index (χ1) is 11.1. The van der Waals surface area contributed by atoms with E-state index in [4.69, 9.17) is 26.3 Å². The van der Waals surface area contributed by atoms with Crippen LogP contribution in [0.1, 0.15) is 17.2 Å². The summed E-state index contributed by atoms with van der Waals surface area (Å²) < 4.78 is 10.4. The zero-order chi connectivity index (χ0) is 16.8. The molecule has 0 aliphatic rings. The highest BCUT2D eigenvalue weighted by Crippen LogP contribution is 2.30. The third-order valence-electron chi connectivity index (χ3n) is 3.38. The van der Waals surface area contributed by atoms with Crippen molar-refractivity contribution in [2.45, 2.75) is 6.10 Å². The van der Waals surface area contributed by atoms with Crippen LogP contribution < -0.4 is 14.8 Å². The van der Waals surface area contributed by atoms with E-state index >= 15 is 0 Å². The predicted octanol–water partition coefficient (Wildman–Crippen LogP) is 3.37. The standard InChI is InChI=1S/C17H17ClN2O3/c1-22-16-6-4-11(7-17(16)23-2)15(21)10-20-13-5-3-12(9-19)14(18)8-13/h3-8,15,20-21H,10H2,1-2H3. The molecule has 120 valence electrons. The molecule has 0 radical (unpaired) electrons. The fraction of sp³-hybridized carbons (Fsp3) is 0.235. The molecule has 0 aliphatic carbocycles. The Kier molecular flexibility index (Phi) is 5.69. The maximum Gasteiger partial charge on any atom is 0.161 e. The quantitative estimate of drug-likeness (QED) is 0.848. The Morgan fingerprint density at radius 1 is 1.17 bits per heavy atom. The zero-order valence-electron chi connectivity index (χ0n) is 12.8. The van der Waals surface area contributed by atoms with Crippen LogP contribution in [0.25, 0.3) is 0 Å². The minimum Gasteiger partial charge on any atom is -0.493 e. The second-order valence-electron chi connectivity index (χ2n) is 4.82. The number of ether oxygens (including phenoxy) is 2. The number of aliphatic hydroxyl groups is 1. The van der Waals surface area contributed by atoms with Crippen molar-refractivity contribution in [2.24, 2.45) is 0 Å². The Morgan fingerprint density at radius 2 is 1.91 bits per heavy atom. The smallest absolute Gasteiger partial charge is 0.161 e. The van der Waals surface area contributed by atoms with Crippen molar-refractivity contribution in [1.29, 1.82) is 5.26 Å². The van der Waals surface area contributed by atoms with Gasteiger partial charge in [0.05, 0.1) is 30.9 Å². The van der Waals surface area contributed by atoms with Gasteiger partial charge in [-0.1, -0.05) is 17.7 Å². The van der Waals surface area contributed by atoms with Gasteiger partial charge in [-0.05, 0) is 35.9 Å². The Hall–Kier alpha value is -2.42. The fourth-order valence-electron chi connectivity index (χ4n) is 2.11. The van der Waals surface area contributed by atoms with E-state index in [1.807, 2.05) is 6.07 Å². The highest BCUT2D eigenvalue weighted by molar-refractivity contribution is 6.32. The molecule has 0 aromatic heterocycles. The minimum absolute atomic E-state index is 0.289. The Bertz CT molecular complexity index is 728. The first-order valence-electron chi connectivity index (χ1n) is 6.92. The van der Waals surface area contributed by atoms with Crippen LogP contribution in [0.2, 0.25) is 5.02 Å². The number of rotatable bonds is 6. The molecule has 0 heterocycles. The third-order valence-corrected chi connectivity index (χ3v) is 3.69. The average Bonchev–Trinajstić information content (AvgIpc) is 2.59. The lowest BCUT2D eigenvalue weighted by Gasteiger charge is -2.15. The number of nitrogens with zero attached hydrogens (tertiary/aromatic N) is 1. The Morgan fingerprint density at radius 3 is 2.52 bits per heavy atom. The molecule has 1 atom stereocenters. The van der Waals surface area contributed by atoms with Gasteiger partial charge in [0, 0.05) is 12.2 Å². The van der Waals surface area contributed by atoms with Crippen LogP contribution in [0.15, 0.2) is 36.4 Å². The van der Waals surface area contributed by atoms with Gasteiger partial charge in [-0.3, -0.25) is 0 Å². The van der Waals surface area contributed by atoms with Crippen LogP contribution in [-0.2, 0) is 0 Å². The van der Waals surface area contributed by atoms with Crippen molar-refractivity contribution < 1.29 is 14.6 Å². The number of halogens is 1. The number of aliphatic hydroxyl groups excluding tert-OH is 1. The molecule has 0 bridgehead atoms. The van der Waals surface area contributed by atoms with Gasteiger partial charge in [0.1, 0.15) is 6.07 Å². The highest BCUT2D eigenvalue weighted by atomic mass is 35.5. The van der Waals surface area contributed by atoms with E-state index in [-0.39, 0.29) is 6.54 Å². The molecule has 2 aromatic rings. The van der Waals surface area contributed by atoms with E-state index in [1.54, 1.807) is 50.6 Å². The Labute approximate surface area is 140 Å². The van der Waals surface area contributed by atoms with Gasteiger partial charge in [0.2, 0.25) is 0 Å². The van der Waals surface area contributed by atoms with Gasteiger partial charge in [0.25, 0.3) is 0 Å². The van der Waals surface area contributed by atoms with Crippen LogP contribution in [0, 0.1) is 11.3 Å². The number of nitrogens with one attached hydrogen (secondary N) is 1. The van der Waals surface area contributed by atoms with Gasteiger partial charge in [-0.25, -0.2) is 0 Å². The number of hydrogen-bond donors (Lipinski definition) is 2. The largest absolute Gasteiger partial charge is 0.493 e. The van der Waals surface area contributed by atoms with Gasteiger partial charge in [-0.2, -0.15) is 5.26 Å². The first-order valence-corrected chi connectivity index (χ1v) is 7.30. The van der Waals surface area contributed by atoms with Crippen molar-refractivity contribution in [2.75, 3.05) is 26.1 Å². The van der Waals surface area contributed by atoms with E-state index in [0.29, 0.717) is 27.6 Å². The molecular formula is C17H17ClN2O3. The van der Waals surface area contributed by atoms with Crippen molar-refractivity contribution in [3.8, 4) is 17.6 Å². The normalized spacial score (nSPS) is 11.4. The lowest BCUT2D eigenvalue weighted by Crippen LogP contribution is -2.12. The maximum absolute atomic E-state index is 10.3. The summed E-state index contributed by atoms with van der Waals surface area (Å²) in [7, 11) is 3.11. The molecule has 0 saturated carbocycles. The van der Waals surface area contributed by atoms with Crippen LogP contribution >= 0.6 is 11.6 Å². The average molecular weight is 333 g/mol. The van der Waals surface area contributed by atoms with Gasteiger partial charge >= 0.3 is 0 Å². The van der Waals surface area contributed by atoms with E-state index in [2.05, 4.69) is 5.32 Å². The second kappa shape index (κ2) is 7.73. The molecule has 0 fully saturated rings. The van der Waals surface area contributed by atoms with E-state index < -0.39 is 6.10 Å². The maximum atomic E-state index is 10.3. The molecular weight excluding hydrogens is 316 g/mol. The van der Waals surface area contributed by atoms with Crippen LogP contribution in [0.5, 0.6) is 11.5 Å². The third kappa shape index (κ3) is 4.07. The molecule has 2 aromatic carbocycles. The van der Waals surface area contributed by atoms with Crippen molar-refractivity contribution in [3.05, 3.63) is 52.5 Å². The molecule has 0 saturated heterocycles. The minimum atomic E-state index is -0.732. The van der Waals surface area contributed by atoms with Crippen molar-refractivity contribution in [1.82, 2.24) is 0 Å². The monoisotopic (exact) mass is 332 g/mol. The molecule has 23 heavy (non-hydrogen) atoms. The first kappa shape index (κ1) is 16.9. The molecule has 6 heteroatoms. The van der Waals surface area contributed by atoms with E-state index in [1.165, 1.54) is 0 Å². The molecule has 0 aliphatic heterocycles. The second-order valence-corrected chi connectivity index (χ2v) is 5.22. The Balaban J connectivity index is 2.06. The fourth-order valence-corrected chi connectivity index (χ4v) is 2.33. The number of methoxy groups -OCH3 is 2. The molecule has 2 N–H and O–H groups in total. The van der Waals surface area contributed by atoms with Crippen molar-refractivity contribution in [3.63, 3.8) is 0 Å². The summed E-state index contributed by atoms with van der Waals surface area (Å²) in [4.78, 5) is 0. The van der Waals surface area contributed by atoms with Gasteiger partial charge in [0.15, 0.2) is 11.5 Å². The summed E-state index contributed by atoms with van der Waals surface area (Å²) in [6, 6.07) is 12.3. The highest BCUT2D eigenvalue weighted by Gasteiger charge is 2.12. The molecule has 5 nitrogen and oxygen atoms in total. The zero-order valence-corrected chi connectivity index (χ0v) is 13.6. The lowest BCUT2D eigenvalue weighted by molar-refractivity contribution is 0.191. The molecule has 0 spiro atoms. The van der Waals surface area contributed by atoms with Crippen LogP contribution in [0.4, 0.5) is 5.69 Å². The summed E-state index contributed by atoms with van der Waals surface area (Å²) in [5, 5.41) is 22.6. The summed E-state index contributed by atoms with van der Waals surface area (Å²) in [5.74, 6) is 1.17. The van der Waals surface area contributed by atoms with Gasteiger partial charge < -0.3 is 19.9 Å². The number of anilines is 1. The number of nitriles is 1.